The van der Waals surface area contributed by atoms with Gasteiger partial charge in [0.25, 0.3) is 5.08 Å². The summed E-state index contributed by atoms with van der Waals surface area (Å²) in [6.07, 6.45) is 9.87. The summed E-state index contributed by atoms with van der Waals surface area (Å²) in [5, 5.41) is 29.1. The van der Waals surface area contributed by atoms with E-state index in [-0.39, 0.29) is 49.3 Å². The minimum absolute atomic E-state index is 0.0268. The van der Waals surface area contributed by atoms with Crippen molar-refractivity contribution in [2.24, 2.45) is 11.8 Å². The molecule has 1 fully saturated rings. The molecule has 1 aliphatic rings. The molecule has 0 unspecified atom stereocenters. The van der Waals surface area contributed by atoms with Gasteiger partial charge in [-0.3, -0.25) is 18.7 Å². The highest BCUT2D eigenvalue weighted by Crippen LogP contribution is 2.69. The molecule has 1 amide bonds. The number of carbonyl (C=O) groups is 2. The van der Waals surface area contributed by atoms with E-state index >= 15 is 0 Å². The Morgan fingerprint density at radius 2 is 1.76 bits per heavy atom. The van der Waals surface area contributed by atoms with Crippen LogP contribution in [0.2, 0.25) is 0 Å². The second-order valence-electron chi connectivity index (χ2n) is 9.78. The Hall–Kier alpha value is -1.20. The molecule has 8 N–H and O–H groups in total. The first-order chi connectivity index (χ1) is 17.6. The number of hydrogen-bond donors (Lipinski definition) is 8. The lowest BCUT2D eigenvalue weighted by Gasteiger charge is -2.29. The van der Waals surface area contributed by atoms with Crippen LogP contribution in [0.3, 0.4) is 0 Å². The third-order valence-electron chi connectivity index (χ3n) is 6.67. The molecule has 0 saturated heterocycles. The van der Waals surface area contributed by atoms with E-state index in [0.29, 0.717) is 25.7 Å². The molecule has 0 heterocycles. The van der Waals surface area contributed by atoms with Crippen molar-refractivity contribution < 1.29 is 53.6 Å². The Labute approximate surface area is 223 Å². The average molecular weight is 584 g/mol. The van der Waals surface area contributed by atoms with Gasteiger partial charge >= 0.3 is 15.2 Å². The first-order valence-electron chi connectivity index (χ1n) is 13.0. The van der Waals surface area contributed by atoms with Crippen LogP contribution in [0.4, 0.5) is 0 Å². The van der Waals surface area contributed by atoms with Gasteiger partial charge in [-0.15, -0.1) is 0 Å². The zero-order valence-electron chi connectivity index (χ0n) is 21.8. The molecule has 0 bridgehead atoms. The minimum atomic E-state index is -5.51. The van der Waals surface area contributed by atoms with Crippen molar-refractivity contribution >= 4 is 26.9 Å². The maximum absolute atomic E-state index is 12.3. The van der Waals surface area contributed by atoms with Gasteiger partial charge in [0, 0.05) is 37.6 Å². The standard InChI is InChI=1S/C24H43NO11P2/c1-2-3-6-10-18(26)13-14-20-19(21(27)17-22(20)28)11-7-4-5-8-12-23(29)25-16-9-15-24(30,37(31,32)33)38(34,35)36/h4,7,13-14,18-20,22,26,28,30H,2-3,5-6,8-12,15-17H2,1H3,(H,25,29)(H2,31,32,33)(H2,34,35,36)/b7-4-,14-13+/t18-,19+,20+,22+/m0/s1. The molecule has 12 nitrogen and oxygen atoms in total. The number of aliphatic hydroxyl groups is 3. The van der Waals surface area contributed by atoms with E-state index in [1.165, 1.54) is 0 Å². The molecule has 0 aromatic heterocycles. The predicted octanol–water partition coefficient (Wildman–Crippen LogP) is 2.06. The van der Waals surface area contributed by atoms with Gasteiger partial charge in [-0.25, -0.2) is 0 Å². The third-order valence-corrected chi connectivity index (χ3v) is 10.5. The molecule has 0 spiro atoms. The average Bonchev–Trinajstić information content (AvgIpc) is 3.07. The van der Waals surface area contributed by atoms with Crippen molar-refractivity contribution in [1.29, 1.82) is 0 Å². The normalized spacial score (nSPS) is 22.0. The summed E-state index contributed by atoms with van der Waals surface area (Å²) in [5.41, 5.74) is 0. The van der Waals surface area contributed by atoms with Gasteiger partial charge in [0.1, 0.15) is 5.78 Å². The van der Waals surface area contributed by atoms with E-state index in [9.17, 15) is 34.0 Å². The molecule has 4 atom stereocenters. The number of aliphatic hydroxyl groups excluding tert-OH is 2. The number of amides is 1. The molecule has 1 saturated carbocycles. The zero-order chi connectivity index (χ0) is 29.0. The van der Waals surface area contributed by atoms with Crippen LogP contribution in [-0.4, -0.2) is 70.4 Å². The van der Waals surface area contributed by atoms with Gasteiger partial charge in [0.15, 0.2) is 0 Å². The Morgan fingerprint density at radius 3 is 2.37 bits per heavy atom. The lowest BCUT2D eigenvalue weighted by atomic mass is 9.90. The van der Waals surface area contributed by atoms with Crippen molar-refractivity contribution in [2.75, 3.05) is 6.54 Å². The van der Waals surface area contributed by atoms with E-state index in [2.05, 4.69) is 12.2 Å². The molecule has 1 aliphatic carbocycles. The van der Waals surface area contributed by atoms with E-state index < -0.39 is 38.9 Å². The van der Waals surface area contributed by atoms with Crippen LogP contribution in [0.1, 0.15) is 77.6 Å². The van der Waals surface area contributed by atoms with Crippen molar-refractivity contribution in [3.63, 3.8) is 0 Å². The third kappa shape index (κ3) is 11.1. The Kier molecular flexibility index (Phi) is 14.8. The Bertz CT molecular complexity index is 889. The number of allylic oxidation sites excluding steroid dienone is 2. The molecule has 0 radical (unpaired) electrons. The number of hydrogen-bond acceptors (Lipinski definition) is 7. The van der Waals surface area contributed by atoms with Crippen LogP contribution >= 0.6 is 15.2 Å². The first kappa shape index (κ1) is 34.8. The van der Waals surface area contributed by atoms with Gasteiger partial charge in [-0.2, -0.15) is 0 Å². The quantitative estimate of drug-likeness (QED) is 0.0662. The summed E-state index contributed by atoms with van der Waals surface area (Å²) in [7, 11) is -11.0. The molecule has 1 rings (SSSR count). The summed E-state index contributed by atoms with van der Waals surface area (Å²) in [6, 6.07) is 0. The molecular formula is C24H43NO11P2. The van der Waals surface area contributed by atoms with Crippen LogP contribution in [0.5, 0.6) is 0 Å². The second-order valence-corrected chi connectivity index (χ2v) is 13.8. The molecule has 38 heavy (non-hydrogen) atoms. The zero-order valence-corrected chi connectivity index (χ0v) is 23.6. The largest absolute Gasteiger partial charge is 0.392 e. The van der Waals surface area contributed by atoms with Gasteiger partial charge < -0.3 is 40.2 Å². The van der Waals surface area contributed by atoms with E-state index in [1.54, 1.807) is 12.2 Å². The van der Waals surface area contributed by atoms with Gasteiger partial charge in [-0.05, 0) is 32.1 Å². The summed E-state index contributed by atoms with van der Waals surface area (Å²) in [5.74, 6) is -1.12. The number of unbranched alkanes of at least 4 members (excludes halogenated alkanes) is 3. The first-order valence-corrected chi connectivity index (χ1v) is 16.2. The van der Waals surface area contributed by atoms with Crippen molar-refractivity contribution in [1.82, 2.24) is 5.32 Å². The highest BCUT2D eigenvalue weighted by atomic mass is 31.2. The van der Waals surface area contributed by atoms with Gasteiger partial charge in [0.05, 0.1) is 12.2 Å². The Morgan fingerprint density at radius 1 is 1.11 bits per heavy atom. The number of ketones is 1. The van der Waals surface area contributed by atoms with Crippen LogP contribution < -0.4 is 5.32 Å². The summed E-state index contributed by atoms with van der Waals surface area (Å²) in [6.45, 7) is 1.95. The summed E-state index contributed by atoms with van der Waals surface area (Å²) < 4.78 is 22.6. The molecule has 0 aliphatic heterocycles. The molecule has 220 valence electrons. The summed E-state index contributed by atoms with van der Waals surface area (Å²) in [4.78, 5) is 60.6. The summed E-state index contributed by atoms with van der Waals surface area (Å²) >= 11 is 0. The maximum atomic E-state index is 12.3. The SMILES string of the molecule is CCCCC[C@H](O)/C=C/[C@H]1[C@H](O)CC(=O)[C@@H]1C/C=C\CCCC(=O)NCCCC(O)(P(=O)(O)O)P(=O)(O)O. The van der Waals surface area contributed by atoms with Crippen LogP contribution in [0, 0.1) is 11.8 Å². The highest BCUT2D eigenvalue weighted by molar-refractivity contribution is 7.72. The number of carbonyl (C=O) groups excluding carboxylic acids is 2. The fourth-order valence-corrected chi connectivity index (χ4v) is 6.58. The van der Waals surface area contributed by atoms with E-state index in [1.807, 2.05) is 12.2 Å². The number of Topliss-reactive ketones (excluding diaryl/α,β-unsaturated/α-hetero) is 1. The lowest BCUT2D eigenvalue weighted by molar-refractivity contribution is -0.121. The maximum Gasteiger partial charge on any atom is 0.369 e. The number of rotatable bonds is 18. The van der Waals surface area contributed by atoms with Gasteiger partial charge in [-0.1, -0.05) is 50.5 Å². The van der Waals surface area contributed by atoms with Crippen molar-refractivity contribution in [3.05, 3.63) is 24.3 Å². The van der Waals surface area contributed by atoms with Crippen LogP contribution in [0.15, 0.2) is 24.3 Å². The molecule has 0 aromatic carbocycles. The van der Waals surface area contributed by atoms with Crippen LogP contribution in [-0.2, 0) is 18.7 Å². The molecule has 0 aromatic rings. The lowest BCUT2D eigenvalue weighted by Crippen LogP contribution is -2.31. The fraction of sp³-hybridized carbons (Fsp3) is 0.750. The van der Waals surface area contributed by atoms with E-state index in [4.69, 9.17) is 19.6 Å². The van der Waals surface area contributed by atoms with Gasteiger partial charge in [0.2, 0.25) is 5.91 Å². The fourth-order valence-electron chi connectivity index (χ4n) is 4.33. The van der Waals surface area contributed by atoms with E-state index in [0.717, 1.165) is 19.3 Å². The van der Waals surface area contributed by atoms with Crippen LogP contribution in [0.25, 0.3) is 0 Å². The van der Waals surface area contributed by atoms with Crippen molar-refractivity contribution in [3.8, 4) is 0 Å². The van der Waals surface area contributed by atoms with Crippen molar-refractivity contribution in [2.45, 2.75) is 94.8 Å². The number of nitrogens with one attached hydrogen (secondary N) is 1. The second kappa shape index (κ2) is 16.2. The smallest absolute Gasteiger partial charge is 0.369 e. The Balaban J connectivity index is 2.39. The highest BCUT2D eigenvalue weighted by Gasteiger charge is 2.58. The monoisotopic (exact) mass is 583 g/mol. The topological polar surface area (TPSA) is 222 Å². The predicted molar refractivity (Wildman–Crippen MR) is 141 cm³/mol. The molecule has 14 heteroatoms. The molecular weight excluding hydrogens is 540 g/mol. The minimum Gasteiger partial charge on any atom is -0.392 e.